The summed E-state index contributed by atoms with van der Waals surface area (Å²) in [6.07, 6.45) is 4.07. The van der Waals surface area contributed by atoms with Crippen LogP contribution in [0.25, 0.3) is 0 Å². The minimum atomic E-state index is -0.684. The Bertz CT molecular complexity index is 981. The fourth-order valence-electron chi connectivity index (χ4n) is 5.40. The van der Waals surface area contributed by atoms with Crippen molar-refractivity contribution in [1.82, 2.24) is 0 Å². The van der Waals surface area contributed by atoms with E-state index in [0.717, 1.165) is 30.4 Å². The first-order valence-electron chi connectivity index (χ1n) is 11.9. The van der Waals surface area contributed by atoms with Gasteiger partial charge in [0.25, 0.3) is 0 Å². The van der Waals surface area contributed by atoms with Crippen LogP contribution in [0.5, 0.6) is 5.75 Å². The minimum absolute atomic E-state index is 0.0605. The van der Waals surface area contributed by atoms with Gasteiger partial charge in [-0.1, -0.05) is 32.9 Å². The number of aryl methyl sites for hydroxylation is 1. The molecule has 0 bridgehead atoms. The molecule has 1 aromatic carbocycles. The zero-order valence-electron chi connectivity index (χ0n) is 20.1. The van der Waals surface area contributed by atoms with Crippen LogP contribution in [0.3, 0.4) is 0 Å². The molecule has 0 aromatic heterocycles. The number of fused-ring (bicyclic) bond motifs is 1. The molecular formula is C27H36O6. The first kappa shape index (κ1) is 25.2. The van der Waals surface area contributed by atoms with Gasteiger partial charge in [0.1, 0.15) is 11.5 Å². The van der Waals surface area contributed by atoms with Gasteiger partial charge in [0, 0.05) is 18.8 Å². The number of aromatic hydroxyl groups is 1. The minimum Gasteiger partial charge on any atom is -0.511 e. The van der Waals surface area contributed by atoms with Crippen molar-refractivity contribution in [3.05, 3.63) is 40.2 Å². The van der Waals surface area contributed by atoms with Gasteiger partial charge in [-0.05, 0) is 67.4 Å². The average molecular weight is 457 g/mol. The van der Waals surface area contributed by atoms with Gasteiger partial charge in [-0.2, -0.15) is 0 Å². The Kier molecular flexibility index (Phi) is 7.47. The summed E-state index contributed by atoms with van der Waals surface area (Å²) in [7, 11) is 0. The van der Waals surface area contributed by atoms with Gasteiger partial charge < -0.3 is 15.3 Å². The van der Waals surface area contributed by atoms with Crippen molar-refractivity contribution in [3.63, 3.8) is 0 Å². The van der Waals surface area contributed by atoms with Crippen molar-refractivity contribution in [1.29, 1.82) is 0 Å². The molecule has 0 saturated heterocycles. The Morgan fingerprint density at radius 3 is 2.36 bits per heavy atom. The lowest BCUT2D eigenvalue weighted by molar-refractivity contribution is -0.123. The summed E-state index contributed by atoms with van der Waals surface area (Å²) in [5.41, 5.74) is 2.03. The second kappa shape index (κ2) is 9.80. The maximum absolute atomic E-state index is 13.0. The number of rotatable bonds is 7. The number of hydrogen-bond donors (Lipinski definition) is 3. The molecule has 6 heteroatoms. The highest BCUT2D eigenvalue weighted by atomic mass is 16.3. The number of Topliss-reactive ketones (excluding diaryl/α,β-unsaturated/α-hetero) is 3. The van der Waals surface area contributed by atoms with Crippen LogP contribution in [0.2, 0.25) is 0 Å². The summed E-state index contributed by atoms with van der Waals surface area (Å²) in [5.74, 6) is -2.33. The molecule has 0 spiro atoms. The van der Waals surface area contributed by atoms with Crippen LogP contribution in [0.15, 0.2) is 23.5 Å². The molecule has 1 aromatic rings. The summed E-state index contributed by atoms with van der Waals surface area (Å²) in [6, 6.07) is 3.83. The van der Waals surface area contributed by atoms with Crippen molar-refractivity contribution in [2.45, 2.75) is 72.6 Å². The van der Waals surface area contributed by atoms with E-state index >= 15 is 0 Å². The molecule has 0 amide bonds. The van der Waals surface area contributed by atoms with Crippen LogP contribution in [-0.2, 0) is 22.4 Å². The molecule has 0 saturated carbocycles. The van der Waals surface area contributed by atoms with Gasteiger partial charge in [0.15, 0.2) is 17.3 Å². The first-order chi connectivity index (χ1) is 15.4. The van der Waals surface area contributed by atoms with Gasteiger partial charge in [-0.25, -0.2) is 0 Å². The fourth-order valence-corrected chi connectivity index (χ4v) is 5.40. The number of carbonyl (C=O) groups excluding carboxylic acids is 3. The Morgan fingerprint density at radius 2 is 1.76 bits per heavy atom. The maximum atomic E-state index is 13.0. The lowest BCUT2D eigenvalue weighted by Gasteiger charge is -2.34. The van der Waals surface area contributed by atoms with Crippen molar-refractivity contribution in [2.24, 2.45) is 23.2 Å². The topological polar surface area (TPSA) is 112 Å². The third-order valence-corrected chi connectivity index (χ3v) is 7.07. The van der Waals surface area contributed by atoms with E-state index in [-0.39, 0.29) is 59.6 Å². The molecule has 2 aliphatic rings. The van der Waals surface area contributed by atoms with Crippen LogP contribution in [0.4, 0.5) is 0 Å². The third-order valence-electron chi connectivity index (χ3n) is 7.07. The van der Waals surface area contributed by atoms with Crippen LogP contribution < -0.4 is 0 Å². The number of phenols is 1. The van der Waals surface area contributed by atoms with Crippen molar-refractivity contribution >= 4 is 17.3 Å². The monoisotopic (exact) mass is 456 g/mol. The zero-order valence-corrected chi connectivity index (χ0v) is 20.1. The number of carbonyl (C=O) groups is 3. The molecule has 3 rings (SSSR count). The predicted octanol–water partition coefficient (Wildman–Crippen LogP) is 4.49. The molecular weight excluding hydrogens is 420 g/mol. The van der Waals surface area contributed by atoms with Crippen LogP contribution in [0.1, 0.15) is 81.3 Å². The van der Waals surface area contributed by atoms with E-state index < -0.39 is 17.5 Å². The largest absolute Gasteiger partial charge is 0.511 e. The predicted molar refractivity (Wildman–Crippen MR) is 125 cm³/mol. The number of allylic oxidation sites excluding steroid dienone is 1. The number of hydrogen-bond acceptors (Lipinski definition) is 6. The second-order valence-electron chi connectivity index (χ2n) is 10.9. The van der Waals surface area contributed by atoms with Gasteiger partial charge in [0.05, 0.1) is 17.7 Å². The van der Waals surface area contributed by atoms with Crippen LogP contribution in [-0.4, -0.2) is 39.3 Å². The van der Waals surface area contributed by atoms with Crippen molar-refractivity contribution in [3.8, 4) is 5.75 Å². The van der Waals surface area contributed by atoms with Gasteiger partial charge in [0.2, 0.25) is 0 Å². The zero-order chi connectivity index (χ0) is 24.5. The maximum Gasteiger partial charge on any atom is 0.170 e. The average Bonchev–Trinajstić information content (AvgIpc) is 2.68. The van der Waals surface area contributed by atoms with Gasteiger partial charge in [-0.3, -0.25) is 14.4 Å². The normalized spacial score (nSPS) is 23.6. The van der Waals surface area contributed by atoms with E-state index in [1.807, 2.05) is 12.1 Å². The number of phenolic OH excluding ortho intramolecular Hbond substituents is 1. The standard InChI is InChI=1S/C27H36O6/c1-15(29)23-22(31)13-19(20(14-28)26(23)33)11-16-10-18-8-7-17(6-5-9-27(2,3)4)25(32)24(18)21(30)12-16/h7-8,16,19-20,28,32-33H,5-6,9-14H2,1-4H3. The number of aliphatic hydroxyl groups is 2. The van der Waals surface area contributed by atoms with Gasteiger partial charge in [-0.15, -0.1) is 0 Å². The first-order valence-corrected chi connectivity index (χ1v) is 11.9. The molecule has 2 aliphatic carbocycles. The van der Waals surface area contributed by atoms with E-state index in [9.17, 15) is 29.7 Å². The molecule has 6 nitrogen and oxygen atoms in total. The highest BCUT2D eigenvalue weighted by molar-refractivity contribution is 6.20. The quantitative estimate of drug-likeness (QED) is 0.521. The highest BCUT2D eigenvalue weighted by Crippen LogP contribution is 2.41. The van der Waals surface area contributed by atoms with E-state index in [0.29, 0.717) is 18.4 Å². The number of benzene rings is 1. The van der Waals surface area contributed by atoms with Crippen molar-refractivity contribution in [2.75, 3.05) is 6.61 Å². The number of aliphatic hydroxyl groups excluding tert-OH is 2. The molecule has 0 radical (unpaired) electrons. The Labute approximate surface area is 195 Å². The molecule has 33 heavy (non-hydrogen) atoms. The number of ketones is 3. The Hall–Kier alpha value is -2.47. The summed E-state index contributed by atoms with van der Waals surface area (Å²) in [4.78, 5) is 37.2. The van der Waals surface area contributed by atoms with E-state index in [2.05, 4.69) is 20.8 Å². The fraction of sp³-hybridized carbons (Fsp3) is 0.593. The molecule has 0 aliphatic heterocycles. The molecule has 0 fully saturated rings. The van der Waals surface area contributed by atoms with Crippen molar-refractivity contribution < 1.29 is 29.7 Å². The molecule has 0 heterocycles. The van der Waals surface area contributed by atoms with E-state index in [1.165, 1.54) is 6.92 Å². The van der Waals surface area contributed by atoms with Crippen LogP contribution >= 0.6 is 0 Å². The third kappa shape index (κ3) is 5.55. The lowest BCUT2D eigenvalue weighted by atomic mass is 9.70. The van der Waals surface area contributed by atoms with Crippen LogP contribution in [0, 0.1) is 23.2 Å². The van der Waals surface area contributed by atoms with E-state index in [4.69, 9.17) is 0 Å². The summed E-state index contributed by atoms with van der Waals surface area (Å²) >= 11 is 0. The second-order valence-corrected chi connectivity index (χ2v) is 10.9. The van der Waals surface area contributed by atoms with E-state index in [1.54, 1.807) is 0 Å². The summed E-state index contributed by atoms with van der Waals surface area (Å²) < 4.78 is 0. The molecule has 3 N–H and O–H groups in total. The molecule has 3 atom stereocenters. The summed E-state index contributed by atoms with van der Waals surface area (Å²) in [6.45, 7) is 7.42. The summed E-state index contributed by atoms with van der Waals surface area (Å²) in [5, 5.41) is 31.1. The lowest BCUT2D eigenvalue weighted by Crippen LogP contribution is -2.35. The SMILES string of the molecule is CC(=O)C1=C(O)C(CO)C(CC2CC(=O)c3c(ccc(CCCC(C)(C)C)c3O)C2)CC1=O. The molecule has 180 valence electrons. The van der Waals surface area contributed by atoms with Gasteiger partial charge >= 0.3 is 0 Å². The molecule has 3 unspecified atom stereocenters. The smallest absolute Gasteiger partial charge is 0.170 e. The Morgan fingerprint density at radius 1 is 1.06 bits per heavy atom. The highest BCUT2D eigenvalue weighted by Gasteiger charge is 2.40. The Balaban J connectivity index is 1.75.